The van der Waals surface area contributed by atoms with Gasteiger partial charge in [-0.15, -0.1) is 10.2 Å². The number of hydrogen-bond acceptors (Lipinski definition) is 6. The van der Waals surface area contributed by atoms with E-state index in [0.717, 1.165) is 38.3 Å². The third-order valence-corrected chi connectivity index (χ3v) is 6.02. The molecular weight excluding hydrogens is 345 g/mol. The highest BCUT2D eigenvalue weighted by atomic mass is 19.1. The molecule has 7 nitrogen and oxygen atoms in total. The van der Waals surface area contributed by atoms with E-state index in [4.69, 9.17) is 0 Å². The van der Waals surface area contributed by atoms with Gasteiger partial charge in [-0.05, 0) is 51.6 Å². The molecule has 0 N–H and O–H groups in total. The van der Waals surface area contributed by atoms with Crippen LogP contribution in [0.5, 0.6) is 0 Å². The summed E-state index contributed by atoms with van der Waals surface area (Å²) in [6.07, 6.45) is 9.60. The second-order valence-electron chi connectivity index (χ2n) is 8.02. The van der Waals surface area contributed by atoms with Crippen LogP contribution in [-0.4, -0.2) is 55.8 Å². The molecule has 2 aromatic heterocycles. The molecule has 0 aromatic carbocycles. The maximum Gasteiger partial charge on any atom is 0.225 e. The standard InChI is InChI=1S/C19H26FN7/c20-15-11-21-19(22-12-15)26-9-5-14(6-10-26)18-24-23-17(27(18)16-3-4-16)13-25-7-1-2-8-25/h11-12,14,16H,1-10,13H2. The van der Waals surface area contributed by atoms with Gasteiger partial charge in [0.15, 0.2) is 5.82 Å². The molecule has 3 aliphatic rings. The Morgan fingerprint density at radius 2 is 1.63 bits per heavy atom. The second kappa shape index (κ2) is 7.14. The summed E-state index contributed by atoms with van der Waals surface area (Å²) in [6, 6.07) is 0.603. The van der Waals surface area contributed by atoms with Crippen molar-refractivity contribution in [3.8, 4) is 0 Å². The fourth-order valence-electron chi connectivity index (χ4n) is 4.40. The van der Waals surface area contributed by atoms with Crippen molar-refractivity contribution in [2.45, 2.75) is 57.0 Å². The molecule has 0 atom stereocenters. The van der Waals surface area contributed by atoms with E-state index in [1.54, 1.807) is 0 Å². The molecule has 1 aliphatic carbocycles. The first kappa shape index (κ1) is 17.0. The van der Waals surface area contributed by atoms with Crippen LogP contribution in [0.3, 0.4) is 0 Å². The Balaban J connectivity index is 1.29. The molecule has 27 heavy (non-hydrogen) atoms. The Morgan fingerprint density at radius 1 is 0.926 bits per heavy atom. The van der Waals surface area contributed by atoms with E-state index in [2.05, 4.69) is 34.5 Å². The fourth-order valence-corrected chi connectivity index (χ4v) is 4.40. The molecule has 2 aromatic rings. The van der Waals surface area contributed by atoms with E-state index in [0.29, 0.717) is 17.9 Å². The molecule has 5 rings (SSSR count). The zero-order valence-electron chi connectivity index (χ0n) is 15.6. The lowest BCUT2D eigenvalue weighted by molar-refractivity contribution is 0.314. The summed E-state index contributed by atoms with van der Waals surface area (Å²) in [5.41, 5.74) is 0. The quantitative estimate of drug-likeness (QED) is 0.805. The maximum absolute atomic E-state index is 13.0. The van der Waals surface area contributed by atoms with Crippen molar-refractivity contribution in [2.75, 3.05) is 31.1 Å². The molecule has 4 heterocycles. The predicted octanol–water partition coefficient (Wildman–Crippen LogP) is 2.52. The largest absolute Gasteiger partial charge is 0.341 e. The highest BCUT2D eigenvalue weighted by Gasteiger charge is 2.34. The molecule has 0 unspecified atom stereocenters. The minimum atomic E-state index is -0.392. The zero-order chi connectivity index (χ0) is 18.2. The first-order valence-corrected chi connectivity index (χ1v) is 10.2. The van der Waals surface area contributed by atoms with Crippen LogP contribution in [0, 0.1) is 5.82 Å². The van der Waals surface area contributed by atoms with Gasteiger partial charge in [-0.25, -0.2) is 14.4 Å². The monoisotopic (exact) mass is 371 g/mol. The van der Waals surface area contributed by atoms with E-state index < -0.39 is 5.82 Å². The highest BCUT2D eigenvalue weighted by molar-refractivity contribution is 5.30. The topological polar surface area (TPSA) is 63.0 Å². The van der Waals surface area contributed by atoms with Crippen LogP contribution in [-0.2, 0) is 6.54 Å². The van der Waals surface area contributed by atoms with Gasteiger partial charge in [0.05, 0.1) is 18.9 Å². The van der Waals surface area contributed by atoms with Crippen LogP contribution in [0.2, 0.25) is 0 Å². The number of nitrogens with zero attached hydrogens (tertiary/aromatic N) is 7. The average Bonchev–Trinajstić information content (AvgIpc) is 3.24. The molecule has 2 saturated heterocycles. The maximum atomic E-state index is 13.0. The number of hydrogen-bond donors (Lipinski definition) is 0. The summed E-state index contributed by atoms with van der Waals surface area (Å²) in [7, 11) is 0. The van der Waals surface area contributed by atoms with Gasteiger partial charge >= 0.3 is 0 Å². The summed E-state index contributed by atoms with van der Waals surface area (Å²) in [5.74, 6) is 2.98. The molecule has 2 aliphatic heterocycles. The molecule has 0 radical (unpaired) electrons. The van der Waals surface area contributed by atoms with Gasteiger partial charge in [0.25, 0.3) is 0 Å². The van der Waals surface area contributed by atoms with Crippen LogP contribution in [0.1, 0.15) is 62.1 Å². The zero-order valence-corrected chi connectivity index (χ0v) is 15.6. The Labute approximate surface area is 158 Å². The lowest BCUT2D eigenvalue weighted by Crippen LogP contribution is -2.35. The molecule has 0 spiro atoms. The lowest BCUT2D eigenvalue weighted by atomic mass is 9.96. The second-order valence-corrected chi connectivity index (χ2v) is 8.02. The van der Waals surface area contributed by atoms with Crippen LogP contribution in [0.25, 0.3) is 0 Å². The minimum Gasteiger partial charge on any atom is -0.341 e. The Hall–Kier alpha value is -2.09. The van der Waals surface area contributed by atoms with E-state index in [9.17, 15) is 4.39 Å². The summed E-state index contributed by atoms with van der Waals surface area (Å²) >= 11 is 0. The fraction of sp³-hybridized carbons (Fsp3) is 0.684. The lowest BCUT2D eigenvalue weighted by Gasteiger charge is -2.31. The summed E-state index contributed by atoms with van der Waals surface area (Å²) in [6.45, 7) is 5.04. The number of aromatic nitrogens is 5. The first-order valence-electron chi connectivity index (χ1n) is 10.2. The van der Waals surface area contributed by atoms with Crippen LogP contribution < -0.4 is 4.90 Å². The minimum absolute atomic E-state index is 0.392. The average molecular weight is 371 g/mol. The van der Waals surface area contributed by atoms with Gasteiger partial charge in [0.1, 0.15) is 11.6 Å². The van der Waals surface area contributed by atoms with Crippen molar-refractivity contribution in [3.63, 3.8) is 0 Å². The van der Waals surface area contributed by atoms with Crippen molar-refractivity contribution in [3.05, 3.63) is 29.9 Å². The molecule has 1 saturated carbocycles. The van der Waals surface area contributed by atoms with Gasteiger partial charge in [-0.2, -0.15) is 0 Å². The summed E-state index contributed by atoms with van der Waals surface area (Å²) in [4.78, 5) is 12.9. The molecule has 3 fully saturated rings. The Morgan fingerprint density at radius 3 is 2.30 bits per heavy atom. The van der Waals surface area contributed by atoms with Gasteiger partial charge < -0.3 is 9.47 Å². The van der Waals surface area contributed by atoms with E-state index >= 15 is 0 Å². The van der Waals surface area contributed by atoms with Crippen molar-refractivity contribution in [2.24, 2.45) is 0 Å². The van der Waals surface area contributed by atoms with Gasteiger partial charge in [-0.1, -0.05) is 0 Å². The third kappa shape index (κ3) is 3.54. The normalized spacial score (nSPS) is 21.9. The van der Waals surface area contributed by atoms with Crippen molar-refractivity contribution in [1.29, 1.82) is 0 Å². The Bertz CT molecular complexity index is 772. The first-order chi connectivity index (χ1) is 13.3. The molecule has 8 heteroatoms. The van der Waals surface area contributed by atoms with Crippen LogP contribution in [0.15, 0.2) is 12.4 Å². The Kier molecular flexibility index (Phi) is 4.51. The smallest absolute Gasteiger partial charge is 0.225 e. The van der Waals surface area contributed by atoms with E-state index in [1.807, 2.05) is 0 Å². The van der Waals surface area contributed by atoms with Gasteiger partial charge in [-0.3, -0.25) is 4.90 Å². The summed E-state index contributed by atoms with van der Waals surface area (Å²) in [5, 5.41) is 9.23. The molecule has 0 amide bonds. The SMILES string of the molecule is Fc1cnc(N2CCC(c3nnc(CN4CCCC4)n3C3CC3)CC2)nc1. The van der Waals surface area contributed by atoms with E-state index in [-0.39, 0.29) is 0 Å². The summed E-state index contributed by atoms with van der Waals surface area (Å²) < 4.78 is 15.5. The van der Waals surface area contributed by atoms with E-state index in [1.165, 1.54) is 57.0 Å². The van der Waals surface area contributed by atoms with Gasteiger partial charge in [0, 0.05) is 25.0 Å². The van der Waals surface area contributed by atoms with Crippen LogP contribution >= 0.6 is 0 Å². The number of anilines is 1. The number of rotatable bonds is 5. The number of piperidine rings is 1. The van der Waals surface area contributed by atoms with Crippen molar-refractivity contribution >= 4 is 5.95 Å². The number of halogens is 1. The third-order valence-electron chi connectivity index (χ3n) is 6.02. The van der Waals surface area contributed by atoms with Crippen molar-refractivity contribution < 1.29 is 4.39 Å². The van der Waals surface area contributed by atoms with Gasteiger partial charge in [0.2, 0.25) is 5.95 Å². The molecule has 144 valence electrons. The molecule has 0 bridgehead atoms. The predicted molar refractivity (Wildman–Crippen MR) is 99.0 cm³/mol. The van der Waals surface area contributed by atoms with Crippen LogP contribution in [0.4, 0.5) is 10.3 Å². The highest BCUT2D eigenvalue weighted by Crippen LogP contribution is 2.40. The van der Waals surface area contributed by atoms with Crippen molar-refractivity contribution in [1.82, 2.24) is 29.6 Å². The molecular formula is C19H26FN7. The number of likely N-dealkylation sites (tertiary alicyclic amines) is 1.